The predicted molar refractivity (Wildman–Crippen MR) is 108 cm³/mol. The van der Waals surface area contributed by atoms with Crippen LogP contribution < -0.4 is 15.4 Å². The fourth-order valence-corrected chi connectivity index (χ4v) is 2.66. The summed E-state index contributed by atoms with van der Waals surface area (Å²) in [5.74, 6) is 0.360. The Morgan fingerprint density at radius 2 is 1.55 bits per heavy atom. The van der Waals surface area contributed by atoms with Gasteiger partial charge in [0.2, 0.25) is 5.91 Å². The number of benzene rings is 3. The molecule has 0 saturated carbocycles. The van der Waals surface area contributed by atoms with Gasteiger partial charge in [0.1, 0.15) is 17.3 Å². The van der Waals surface area contributed by atoms with Crippen LogP contribution in [-0.2, 0) is 11.2 Å². The molecule has 0 fully saturated rings. The lowest BCUT2D eigenvalue weighted by molar-refractivity contribution is -0.120. The molecule has 0 aliphatic carbocycles. The third kappa shape index (κ3) is 6.46. The minimum absolute atomic E-state index is 0.135. The first kappa shape index (κ1) is 20.1. The van der Waals surface area contributed by atoms with Gasteiger partial charge >= 0.3 is 0 Å². The second kappa shape index (κ2) is 10.0. The Bertz CT molecular complexity index is 959. The van der Waals surface area contributed by atoms with Crippen LogP contribution in [0.15, 0.2) is 78.9 Å². The van der Waals surface area contributed by atoms with Crippen LogP contribution in [0.2, 0.25) is 0 Å². The molecule has 3 aromatic carbocycles. The van der Waals surface area contributed by atoms with E-state index < -0.39 is 0 Å². The van der Waals surface area contributed by atoms with Gasteiger partial charge in [-0.15, -0.1) is 0 Å². The Kier molecular flexibility index (Phi) is 6.95. The molecule has 0 bridgehead atoms. The van der Waals surface area contributed by atoms with Crippen molar-refractivity contribution in [3.63, 3.8) is 0 Å². The largest absolute Gasteiger partial charge is 0.457 e. The maximum atomic E-state index is 13.1. The van der Waals surface area contributed by atoms with Crippen LogP contribution in [0.5, 0.6) is 11.5 Å². The van der Waals surface area contributed by atoms with Crippen LogP contribution in [0.3, 0.4) is 0 Å². The first-order valence-corrected chi connectivity index (χ1v) is 9.22. The lowest BCUT2D eigenvalue weighted by atomic mass is 10.1. The Hall–Kier alpha value is -3.67. The first-order valence-electron chi connectivity index (χ1n) is 9.22. The molecule has 0 aliphatic heterocycles. The molecule has 29 heavy (non-hydrogen) atoms. The van der Waals surface area contributed by atoms with E-state index in [1.165, 1.54) is 12.1 Å². The highest BCUT2D eigenvalue weighted by molar-refractivity contribution is 5.96. The van der Waals surface area contributed by atoms with Crippen molar-refractivity contribution in [2.45, 2.75) is 6.42 Å². The fourth-order valence-electron chi connectivity index (χ4n) is 2.66. The number of carbonyl (C=O) groups excluding carboxylic acids is 2. The second-order valence-electron chi connectivity index (χ2n) is 6.35. The molecule has 0 spiro atoms. The van der Waals surface area contributed by atoms with Crippen molar-refractivity contribution >= 4 is 11.8 Å². The zero-order valence-electron chi connectivity index (χ0n) is 15.7. The van der Waals surface area contributed by atoms with Gasteiger partial charge in [-0.05, 0) is 60.5 Å². The van der Waals surface area contributed by atoms with Gasteiger partial charge in [0.15, 0.2) is 0 Å². The van der Waals surface area contributed by atoms with E-state index in [1.807, 2.05) is 30.3 Å². The third-order valence-electron chi connectivity index (χ3n) is 4.13. The highest BCUT2D eigenvalue weighted by atomic mass is 19.1. The van der Waals surface area contributed by atoms with Crippen molar-refractivity contribution in [1.29, 1.82) is 0 Å². The maximum absolute atomic E-state index is 13.1. The van der Waals surface area contributed by atoms with Crippen molar-refractivity contribution in [2.24, 2.45) is 0 Å². The number of halogens is 1. The van der Waals surface area contributed by atoms with Gasteiger partial charge in [0.05, 0.1) is 6.54 Å². The molecule has 148 valence electrons. The second-order valence-corrected chi connectivity index (χ2v) is 6.35. The number of amides is 2. The third-order valence-corrected chi connectivity index (χ3v) is 4.13. The molecule has 3 rings (SSSR count). The van der Waals surface area contributed by atoms with E-state index in [0.29, 0.717) is 30.0 Å². The van der Waals surface area contributed by atoms with Crippen molar-refractivity contribution < 1.29 is 18.7 Å². The van der Waals surface area contributed by atoms with E-state index in [9.17, 15) is 14.0 Å². The van der Waals surface area contributed by atoms with Crippen LogP contribution in [0.25, 0.3) is 0 Å². The van der Waals surface area contributed by atoms with E-state index in [0.717, 1.165) is 5.56 Å². The fraction of sp³-hybridized carbons (Fsp3) is 0.130. The molecule has 3 aromatic rings. The summed E-state index contributed by atoms with van der Waals surface area (Å²) in [5.41, 5.74) is 1.23. The molecule has 0 saturated heterocycles. The van der Waals surface area contributed by atoms with Crippen LogP contribution in [-0.4, -0.2) is 24.9 Å². The molecule has 0 radical (unpaired) electrons. The van der Waals surface area contributed by atoms with Crippen molar-refractivity contribution in [3.05, 3.63) is 95.8 Å². The Balaban J connectivity index is 1.41. The monoisotopic (exact) mass is 392 g/mol. The predicted octanol–water partition coefficient (Wildman–Crippen LogP) is 3.71. The SMILES string of the molecule is O=C(CNC(=O)c1ccc(Oc2ccccc2)cc1)NCCc1cccc(F)c1. The maximum Gasteiger partial charge on any atom is 0.251 e. The highest BCUT2D eigenvalue weighted by Crippen LogP contribution is 2.21. The van der Waals surface area contributed by atoms with E-state index in [1.54, 1.807) is 36.4 Å². The molecule has 6 heteroatoms. The lowest BCUT2D eigenvalue weighted by Crippen LogP contribution is -2.37. The van der Waals surface area contributed by atoms with Crippen LogP contribution in [0.4, 0.5) is 4.39 Å². The summed E-state index contributed by atoms with van der Waals surface area (Å²) in [4.78, 5) is 24.1. The summed E-state index contributed by atoms with van der Waals surface area (Å²) in [6.07, 6.45) is 0.514. The molecule has 2 amide bonds. The van der Waals surface area contributed by atoms with Gasteiger partial charge in [-0.3, -0.25) is 9.59 Å². The Morgan fingerprint density at radius 3 is 2.28 bits per heavy atom. The van der Waals surface area contributed by atoms with Crippen molar-refractivity contribution in [1.82, 2.24) is 10.6 Å². The molecule has 0 unspecified atom stereocenters. The number of hydrogen-bond acceptors (Lipinski definition) is 3. The van der Waals surface area contributed by atoms with E-state index in [2.05, 4.69) is 10.6 Å². The Labute approximate surface area is 168 Å². The van der Waals surface area contributed by atoms with Crippen LogP contribution in [0.1, 0.15) is 15.9 Å². The summed E-state index contributed by atoms with van der Waals surface area (Å²) in [7, 11) is 0. The van der Waals surface area contributed by atoms with Gasteiger partial charge in [-0.1, -0.05) is 30.3 Å². The number of para-hydroxylation sites is 1. The summed E-state index contributed by atoms with van der Waals surface area (Å²) >= 11 is 0. The quantitative estimate of drug-likeness (QED) is 0.614. The molecular weight excluding hydrogens is 371 g/mol. The van der Waals surface area contributed by atoms with Gasteiger partial charge in [-0.2, -0.15) is 0 Å². The van der Waals surface area contributed by atoms with Gasteiger partial charge < -0.3 is 15.4 Å². The standard InChI is InChI=1S/C23H21FN2O3/c24-19-6-4-5-17(15-19)13-14-25-22(27)16-26-23(28)18-9-11-21(12-10-18)29-20-7-2-1-3-8-20/h1-12,15H,13-14,16H2,(H,25,27)(H,26,28). The minimum Gasteiger partial charge on any atom is -0.457 e. The average Bonchev–Trinajstić information content (AvgIpc) is 2.73. The van der Waals surface area contributed by atoms with Crippen molar-refractivity contribution in [2.75, 3.05) is 13.1 Å². The summed E-state index contributed by atoms with van der Waals surface area (Å²) in [5, 5.41) is 5.27. The number of rotatable bonds is 8. The van der Waals surface area contributed by atoms with Gasteiger partial charge in [0, 0.05) is 12.1 Å². The highest BCUT2D eigenvalue weighted by Gasteiger charge is 2.08. The Morgan fingerprint density at radius 1 is 0.828 bits per heavy atom. The molecule has 0 aliphatic rings. The van der Waals surface area contributed by atoms with Gasteiger partial charge in [0.25, 0.3) is 5.91 Å². The molecule has 0 aromatic heterocycles. The molecule has 0 heterocycles. The molecule has 2 N–H and O–H groups in total. The molecular formula is C23H21FN2O3. The van der Waals surface area contributed by atoms with Gasteiger partial charge in [-0.25, -0.2) is 4.39 Å². The van der Waals surface area contributed by atoms with Crippen molar-refractivity contribution in [3.8, 4) is 11.5 Å². The van der Waals surface area contributed by atoms with E-state index in [4.69, 9.17) is 4.74 Å². The van der Waals surface area contributed by atoms with Crippen LogP contribution in [0, 0.1) is 5.82 Å². The number of hydrogen-bond donors (Lipinski definition) is 2. The number of carbonyl (C=O) groups is 2. The average molecular weight is 392 g/mol. The first-order chi connectivity index (χ1) is 14.1. The normalized spacial score (nSPS) is 10.2. The van der Waals surface area contributed by atoms with Crippen LogP contribution >= 0.6 is 0 Å². The van der Waals surface area contributed by atoms with E-state index in [-0.39, 0.29) is 24.2 Å². The number of ether oxygens (including phenoxy) is 1. The smallest absolute Gasteiger partial charge is 0.251 e. The number of nitrogens with one attached hydrogen (secondary N) is 2. The topological polar surface area (TPSA) is 67.4 Å². The summed E-state index contributed by atoms with van der Waals surface area (Å²) < 4.78 is 18.8. The summed E-state index contributed by atoms with van der Waals surface area (Å²) in [6.45, 7) is 0.230. The molecule has 5 nitrogen and oxygen atoms in total. The zero-order chi connectivity index (χ0) is 20.5. The molecule has 0 atom stereocenters. The summed E-state index contributed by atoms with van der Waals surface area (Å²) in [6, 6.07) is 22.2. The van der Waals surface area contributed by atoms with E-state index >= 15 is 0 Å². The zero-order valence-corrected chi connectivity index (χ0v) is 15.7. The lowest BCUT2D eigenvalue weighted by Gasteiger charge is -2.08. The minimum atomic E-state index is -0.350.